The minimum absolute atomic E-state index is 0.0210. The molecular weight excluding hydrogens is 452 g/mol. The van der Waals surface area contributed by atoms with Gasteiger partial charge in [0.2, 0.25) is 0 Å². The minimum atomic E-state index is -0.0210. The summed E-state index contributed by atoms with van der Waals surface area (Å²) in [6.07, 6.45) is 5.31. The molecule has 0 bridgehead atoms. The summed E-state index contributed by atoms with van der Waals surface area (Å²) < 4.78 is 10.1. The van der Waals surface area contributed by atoms with Crippen molar-refractivity contribution in [2.75, 3.05) is 20.2 Å². The molecule has 36 heavy (non-hydrogen) atoms. The number of nitrogens with zero attached hydrogens (tertiary/aromatic N) is 5. The molecule has 2 N–H and O–H groups in total. The summed E-state index contributed by atoms with van der Waals surface area (Å²) in [4.78, 5) is 25.2. The highest BCUT2D eigenvalue weighted by Crippen LogP contribution is 2.37. The Kier molecular flexibility index (Phi) is 5.71. The van der Waals surface area contributed by atoms with Crippen LogP contribution in [-0.2, 0) is 13.0 Å². The van der Waals surface area contributed by atoms with Crippen LogP contribution in [0.1, 0.15) is 54.4 Å². The second-order valence-corrected chi connectivity index (χ2v) is 10.3. The normalized spacial score (nSPS) is 18.3. The summed E-state index contributed by atoms with van der Waals surface area (Å²) in [7, 11) is 1.64. The third kappa shape index (κ3) is 3.93. The molecule has 0 unspecified atom stereocenters. The Morgan fingerprint density at radius 1 is 1.17 bits per heavy atom. The first-order chi connectivity index (χ1) is 17.5. The number of aryl methyl sites for hydroxylation is 2. The molecule has 2 fully saturated rings. The fourth-order valence-corrected chi connectivity index (χ4v) is 5.47. The minimum Gasteiger partial charge on any atom is -0.482 e. The van der Waals surface area contributed by atoms with Gasteiger partial charge in [-0.1, -0.05) is 6.92 Å². The molecule has 2 aliphatic rings. The van der Waals surface area contributed by atoms with Crippen LogP contribution in [0.2, 0.25) is 0 Å². The van der Waals surface area contributed by atoms with Gasteiger partial charge in [0.15, 0.2) is 5.88 Å². The zero-order valence-corrected chi connectivity index (χ0v) is 21.3. The Bertz CT molecular complexity index is 1460. The van der Waals surface area contributed by atoms with Gasteiger partial charge in [0.25, 0.3) is 5.91 Å². The van der Waals surface area contributed by atoms with Gasteiger partial charge in [0, 0.05) is 48.4 Å². The molecule has 8 nitrogen and oxygen atoms in total. The Hall–Kier alpha value is -3.39. The summed E-state index contributed by atoms with van der Waals surface area (Å²) in [6.45, 7) is 6.46. The van der Waals surface area contributed by atoms with Gasteiger partial charge >= 0.3 is 0 Å². The van der Waals surface area contributed by atoms with E-state index in [1.807, 2.05) is 21.4 Å². The van der Waals surface area contributed by atoms with Gasteiger partial charge in [-0.15, -0.1) is 0 Å². The Balaban J connectivity index is 1.48. The van der Waals surface area contributed by atoms with Gasteiger partial charge in [-0.3, -0.25) is 9.20 Å². The predicted molar refractivity (Wildman–Crippen MR) is 140 cm³/mol. The average Bonchev–Trinajstić information content (AvgIpc) is 3.56. The van der Waals surface area contributed by atoms with Crippen molar-refractivity contribution in [1.29, 1.82) is 0 Å². The molecule has 1 saturated heterocycles. The summed E-state index contributed by atoms with van der Waals surface area (Å²) in [5.41, 5.74) is 12.5. The highest BCUT2D eigenvalue weighted by Gasteiger charge is 2.28. The number of imidazole rings is 1. The highest BCUT2D eigenvalue weighted by molar-refractivity contribution is 5.96. The van der Waals surface area contributed by atoms with Crippen molar-refractivity contribution < 1.29 is 9.53 Å². The van der Waals surface area contributed by atoms with Gasteiger partial charge < -0.3 is 19.9 Å². The fourth-order valence-electron chi connectivity index (χ4n) is 5.47. The van der Waals surface area contributed by atoms with Crippen LogP contribution in [0.25, 0.3) is 28.1 Å². The predicted octanol–water partition coefficient (Wildman–Crippen LogP) is 4.20. The number of aromatic nitrogens is 4. The van der Waals surface area contributed by atoms with Gasteiger partial charge in [0.05, 0.1) is 18.5 Å². The fraction of sp³-hybridized carbons (Fsp3) is 0.464. The number of carbonyl (C=O) groups is 1. The number of likely N-dealkylation sites (tertiary alicyclic amines) is 1. The molecule has 4 aromatic heterocycles. The smallest absolute Gasteiger partial charge is 0.254 e. The molecule has 1 aliphatic carbocycles. The first kappa shape index (κ1) is 23.0. The zero-order chi connectivity index (χ0) is 25.0. The lowest BCUT2D eigenvalue weighted by Crippen LogP contribution is -2.45. The van der Waals surface area contributed by atoms with Crippen LogP contribution >= 0.6 is 0 Å². The monoisotopic (exact) mass is 486 g/mol. The Labute approximate surface area is 211 Å². The van der Waals surface area contributed by atoms with Crippen LogP contribution < -0.4 is 10.5 Å². The third-order valence-electron chi connectivity index (χ3n) is 7.66. The standard InChI is InChI=1S/C28H34N6O2/c1-4-22-10-9-19-12-23(33(27(19)30-22)15-18-7-8-18)26-17(2)34-24(31-26)13-20(14-25(34)36-3)28(35)32-11-5-6-21(29)16-32/h9-10,12-14,18,21H,4-8,11,15-16,29H2,1-3H3/t21-/m1/s1. The quantitative estimate of drug-likeness (QED) is 0.441. The van der Waals surface area contributed by atoms with E-state index in [1.54, 1.807) is 7.11 Å². The lowest BCUT2D eigenvalue weighted by Gasteiger charge is -2.30. The molecule has 0 aromatic carbocycles. The summed E-state index contributed by atoms with van der Waals surface area (Å²) in [6, 6.07) is 10.2. The maximum Gasteiger partial charge on any atom is 0.254 e. The lowest BCUT2D eigenvalue weighted by atomic mass is 10.1. The molecule has 1 saturated carbocycles. The Morgan fingerprint density at radius 3 is 2.72 bits per heavy atom. The number of rotatable bonds is 6. The van der Waals surface area contributed by atoms with E-state index in [2.05, 4.69) is 36.6 Å². The SMILES string of the molecule is CCc1ccc2cc(-c3nc4cc(C(=O)N5CCC[C@@H](N)C5)cc(OC)n4c3C)n(CC3CC3)c2n1. The van der Waals surface area contributed by atoms with Crippen molar-refractivity contribution in [2.24, 2.45) is 11.7 Å². The molecule has 4 aromatic rings. The van der Waals surface area contributed by atoms with Crippen molar-refractivity contribution >= 4 is 22.6 Å². The lowest BCUT2D eigenvalue weighted by molar-refractivity contribution is 0.0708. The van der Waals surface area contributed by atoms with E-state index in [-0.39, 0.29) is 11.9 Å². The van der Waals surface area contributed by atoms with E-state index in [4.69, 9.17) is 20.4 Å². The van der Waals surface area contributed by atoms with Crippen molar-refractivity contribution in [1.82, 2.24) is 23.8 Å². The van der Waals surface area contributed by atoms with Gasteiger partial charge in [-0.05, 0) is 69.2 Å². The number of fused-ring (bicyclic) bond motifs is 2. The van der Waals surface area contributed by atoms with Gasteiger partial charge in [-0.25, -0.2) is 9.97 Å². The topological polar surface area (TPSA) is 90.7 Å². The van der Waals surface area contributed by atoms with Gasteiger partial charge in [-0.2, -0.15) is 0 Å². The first-order valence-electron chi connectivity index (χ1n) is 13.1. The van der Waals surface area contributed by atoms with Crippen LogP contribution in [0.5, 0.6) is 5.88 Å². The molecule has 8 heteroatoms. The number of piperidine rings is 1. The molecule has 1 atom stereocenters. The summed E-state index contributed by atoms with van der Waals surface area (Å²) >= 11 is 0. The molecular formula is C28H34N6O2. The van der Waals surface area contributed by atoms with Crippen LogP contribution in [0.15, 0.2) is 30.3 Å². The molecule has 188 valence electrons. The van der Waals surface area contributed by atoms with Crippen molar-refractivity contribution in [3.8, 4) is 17.3 Å². The van der Waals surface area contributed by atoms with Crippen molar-refractivity contribution in [3.63, 3.8) is 0 Å². The third-order valence-corrected chi connectivity index (χ3v) is 7.66. The van der Waals surface area contributed by atoms with E-state index in [0.29, 0.717) is 29.6 Å². The molecule has 0 radical (unpaired) electrons. The largest absolute Gasteiger partial charge is 0.482 e. The number of methoxy groups -OCH3 is 1. The van der Waals surface area contributed by atoms with Crippen LogP contribution in [0.3, 0.4) is 0 Å². The van der Waals surface area contributed by atoms with Gasteiger partial charge in [0.1, 0.15) is 17.0 Å². The van der Waals surface area contributed by atoms with Crippen LogP contribution in [0, 0.1) is 12.8 Å². The highest BCUT2D eigenvalue weighted by atomic mass is 16.5. The molecule has 0 spiro atoms. The number of hydrogen-bond donors (Lipinski definition) is 1. The van der Waals surface area contributed by atoms with Crippen molar-refractivity contribution in [3.05, 3.63) is 47.3 Å². The number of amides is 1. The van der Waals surface area contributed by atoms with E-state index >= 15 is 0 Å². The number of nitrogens with two attached hydrogens (primary N) is 1. The van der Waals surface area contributed by atoms with Crippen molar-refractivity contribution in [2.45, 2.75) is 58.5 Å². The number of ether oxygens (including phenoxy) is 1. The number of hydrogen-bond acceptors (Lipinski definition) is 5. The number of carbonyl (C=O) groups excluding carboxylic acids is 1. The molecule has 1 amide bonds. The van der Waals surface area contributed by atoms with Crippen LogP contribution in [-0.4, -0.2) is 56.0 Å². The molecule has 1 aliphatic heterocycles. The maximum absolute atomic E-state index is 13.3. The second kappa shape index (κ2) is 8.92. The second-order valence-electron chi connectivity index (χ2n) is 10.3. The van der Waals surface area contributed by atoms with E-state index in [9.17, 15) is 4.79 Å². The average molecular weight is 487 g/mol. The van der Waals surface area contributed by atoms with E-state index < -0.39 is 0 Å². The number of pyridine rings is 2. The molecule has 5 heterocycles. The summed E-state index contributed by atoms with van der Waals surface area (Å²) in [5, 5.41) is 1.13. The van der Waals surface area contributed by atoms with E-state index in [0.717, 1.165) is 66.2 Å². The maximum atomic E-state index is 13.3. The first-order valence-corrected chi connectivity index (χ1v) is 13.1. The van der Waals surface area contributed by atoms with Crippen LogP contribution in [0.4, 0.5) is 0 Å². The van der Waals surface area contributed by atoms with E-state index in [1.165, 1.54) is 12.8 Å². The summed E-state index contributed by atoms with van der Waals surface area (Å²) in [5.74, 6) is 1.27. The zero-order valence-electron chi connectivity index (χ0n) is 21.3. The Morgan fingerprint density at radius 2 is 2.00 bits per heavy atom. The molecule has 6 rings (SSSR count).